The molecular weight excluding hydrogens is 588 g/mol. The Morgan fingerprint density at radius 1 is 1.07 bits per heavy atom. The average molecular weight is 619 g/mol. The predicted molar refractivity (Wildman–Crippen MR) is 163 cm³/mol. The zero-order valence-corrected chi connectivity index (χ0v) is 24.7. The second-order valence-corrected chi connectivity index (χ2v) is 10.6. The van der Waals surface area contributed by atoms with Gasteiger partial charge in [0.05, 0.1) is 13.2 Å². The Kier molecular flexibility index (Phi) is 8.64. The lowest BCUT2D eigenvalue weighted by molar-refractivity contribution is -0.121. The number of halogens is 1. The van der Waals surface area contributed by atoms with Gasteiger partial charge in [-0.2, -0.15) is 4.98 Å². The quantitative estimate of drug-likeness (QED) is 0.270. The van der Waals surface area contributed by atoms with Gasteiger partial charge in [0.15, 0.2) is 11.5 Å². The summed E-state index contributed by atoms with van der Waals surface area (Å²) in [5.74, 6) is 2.89. The van der Waals surface area contributed by atoms with Crippen LogP contribution in [0.2, 0.25) is 5.15 Å². The molecule has 2 aliphatic rings. The maximum absolute atomic E-state index is 13.3. The third-order valence-corrected chi connectivity index (χ3v) is 7.60. The van der Waals surface area contributed by atoms with Crippen LogP contribution in [0.5, 0.6) is 17.2 Å². The number of rotatable bonds is 9. The molecule has 1 saturated heterocycles. The lowest BCUT2D eigenvalue weighted by atomic mass is 10.1. The highest BCUT2D eigenvalue weighted by Crippen LogP contribution is 2.32. The van der Waals surface area contributed by atoms with Gasteiger partial charge in [0.2, 0.25) is 18.6 Å². The summed E-state index contributed by atoms with van der Waals surface area (Å²) in [5, 5.41) is 6.21. The highest BCUT2D eigenvalue weighted by Gasteiger charge is 2.32. The minimum absolute atomic E-state index is 0.134. The molecule has 3 amide bonds. The molecular formula is C30H31ClN8O5. The average Bonchev–Trinajstić information content (AvgIpc) is 3.74. The molecule has 0 radical (unpaired) electrons. The maximum atomic E-state index is 13.3. The molecule has 0 aliphatic carbocycles. The number of piperazine rings is 1. The van der Waals surface area contributed by atoms with Crippen LogP contribution in [0.15, 0.2) is 67.3 Å². The molecule has 2 aromatic heterocycles. The van der Waals surface area contributed by atoms with E-state index in [4.69, 9.17) is 30.8 Å². The fourth-order valence-corrected chi connectivity index (χ4v) is 5.33. The summed E-state index contributed by atoms with van der Waals surface area (Å²) in [7, 11) is 1.59. The summed E-state index contributed by atoms with van der Waals surface area (Å²) >= 11 is 6.40. The van der Waals surface area contributed by atoms with Crippen molar-refractivity contribution in [2.75, 3.05) is 50.3 Å². The molecule has 2 aliphatic heterocycles. The highest BCUT2D eigenvalue weighted by atomic mass is 35.5. The van der Waals surface area contributed by atoms with E-state index in [0.717, 1.165) is 11.3 Å². The van der Waals surface area contributed by atoms with Gasteiger partial charge in [-0.05, 0) is 48.4 Å². The summed E-state index contributed by atoms with van der Waals surface area (Å²) in [6.07, 6.45) is 5.70. The molecule has 2 N–H and O–H groups in total. The van der Waals surface area contributed by atoms with Gasteiger partial charge in [0.25, 0.3) is 0 Å². The molecule has 0 spiro atoms. The standard InChI is InChI=1S/C30H31ClN8O5/c1-42-23-5-3-21(4-6-23)34-30(41)37-12-13-39(27-16-26(31)35-29(36-27)38-11-10-32-18-38)22(17-37)15-28(40)33-9-8-20-2-7-24-25(14-20)44-19-43-24/h2-7,10-11,14,16,18,22H,8-9,12-13,15,17,19H2,1H3,(H,33,40)(H,34,41). The number of aromatic nitrogens is 4. The normalized spacial score (nSPS) is 15.6. The molecule has 1 fully saturated rings. The second kappa shape index (κ2) is 13.1. The molecule has 13 nitrogen and oxygen atoms in total. The zero-order chi connectivity index (χ0) is 30.5. The van der Waals surface area contributed by atoms with E-state index in [9.17, 15) is 9.59 Å². The number of ether oxygens (including phenoxy) is 3. The molecule has 0 saturated carbocycles. The first-order chi connectivity index (χ1) is 21.4. The first-order valence-electron chi connectivity index (χ1n) is 14.1. The van der Waals surface area contributed by atoms with Crippen molar-refractivity contribution in [2.24, 2.45) is 0 Å². The molecule has 1 atom stereocenters. The molecule has 4 aromatic rings. The van der Waals surface area contributed by atoms with E-state index in [2.05, 4.69) is 20.6 Å². The molecule has 228 valence electrons. The Morgan fingerprint density at radius 3 is 2.70 bits per heavy atom. The van der Waals surface area contributed by atoms with Crippen molar-refractivity contribution in [3.63, 3.8) is 0 Å². The number of urea groups is 1. The summed E-state index contributed by atoms with van der Waals surface area (Å²) in [5.41, 5.74) is 1.67. The van der Waals surface area contributed by atoms with Crippen molar-refractivity contribution in [2.45, 2.75) is 18.9 Å². The van der Waals surface area contributed by atoms with Gasteiger partial charge in [-0.25, -0.2) is 14.8 Å². The highest BCUT2D eigenvalue weighted by molar-refractivity contribution is 6.29. The van der Waals surface area contributed by atoms with E-state index in [-0.39, 0.29) is 36.3 Å². The van der Waals surface area contributed by atoms with Crippen molar-refractivity contribution in [1.82, 2.24) is 29.7 Å². The Bertz CT molecular complexity index is 1620. The SMILES string of the molecule is COc1ccc(NC(=O)N2CCN(c3cc(Cl)nc(-n4ccnc4)n3)C(CC(=O)NCCc3ccc4c(c3)OCO4)C2)cc1. The Hall–Kier alpha value is -5.04. The molecule has 6 rings (SSSR count). The van der Waals surface area contributed by atoms with Crippen LogP contribution in [0, 0.1) is 0 Å². The summed E-state index contributed by atoms with van der Waals surface area (Å²) in [4.78, 5) is 43.3. The molecule has 2 aromatic carbocycles. The number of fused-ring (bicyclic) bond motifs is 1. The van der Waals surface area contributed by atoms with Gasteiger partial charge in [0.1, 0.15) is 23.0 Å². The van der Waals surface area contributed by atoms with Gasteiger partial charge in [-0.3, -0.25) is 9.36 Å². The van der Waals surface area contributed by atoms with Gasteiger partial charge < -0.3 is 34.6 Å². The number of imidazole rings is 1. The first kappa shape index (κ1) is 29.1. The summed E-state index contributed by atoms with van der Waals surface area (Å²) in [6, 6.07) is 13.9. The van der Waals surface area contributed by atoms with Crippen molar-refractivity contribution in [1.29, 1.82) is 0 Å². The van der Waals surface area contributed by atoms with Crippen LogP contribution in [0.25, 0.3) is 5.95 Å². The number of hydrogen-bond donors (Lipinski definition) is 2. The number of carbonyl (C=O) groups excluding carboxylic acids is 2. The number of carbonyl (C=O) groups is 2. The lowest BCUT2D eigenvalue weighted by Gasteiger charge is -2.42. The van der Waals surface area contributed by atoms with Crippen LogP contribution in [0.1, 0.15) is 12.0 Å². The van der Waals surface area contributed by atoms with Crippen LogP contribution in [-0.2, 0) is 11.2 Å². The second-order valence-electron chi connectivity index (χ2n) is 10.3. The molecule has 0 bridgehead atoms. The van der Waals surface area contributed by atoms with E-state index in [0.29, 0.717) is 61.6 Å². The lowest BCUT2D eigenvalue weighted by Crippen LogP contribution is -2.57. The van der Waals surface area contributed by atoms with Crippen molar-refractivity contribution < 1.29 is 23.8 Å². The smallest absolute Gasteiger partial charge is 0.321 e. The van der Waals surface area contributed by atoms with Crippen LogP contribution in [0.3, 0.4) is 0 Å². The summed E-state index contributed by atoms with van der Waals surface area (Å²) in [6.45, 7) is 1.79. The van der Waals surface area contributed by atoms with E-state index in [1.54, 1.807) is 65.6 Å². The minimum Gasteiger partial charge on any atom is -0.497 e. The van der Waals surface area contributed by atoms with Gasteiger partial charge in [0, 0.05) is 56.7 Å². The fraction of sp³-hybridized carbons (Fsp3) is 0.300. The largest absolute Gasteiger partial charge is 0.497 e. The number of amides is 3. The van der Waals surface area contributed by atoms with E-state index in [1.807, 2.05) is 23.1 Å². The van der Waals surface area contributed by atoms with Crippen molar-refractivity contribution in [3.05, 3.63) is 78.0 Å². The monoisotopic (exact) mass is 618 g/mol. The Morgan fingerprint density at radius 2 is 1.91 bits per heavy atom. The number of nitrogens with one attached hydrogen (secondary N) is 2. The Labute approximate surface area is 258 Å². The molecule has 1 unspecified atom stereocenters. The maximum Gasteiger partial charge on any atom is 0.321 e. The predicted octanol–water partition coefficient (Wildman–Crippen LogP) is 3.52. The fourth-order valence-electron chi connectivity index (χ4n) is 5.16. The number of anilines is 2. The van der Waals surface area contributed by atoms with Crippen molar-refractivity contribution in [3.8, 4) is 23.2 Å². The third kappa shape index (κ3) is 6.78. The molecule has 44 heavy (non-hydrogen) atoms. The number of benzene rings is 2. The van der Waals surface area contributed by atoms with Gasteiger partial charge in [-0.15, -0.1) is 0 Å². The molecule has 4 heterocycles. The van der Waals surface area contributed by atoms with E-state index < -0.39 is 0 Å². The van der Waals surface area contributed by atoms with E-state index in [1.165, 1.54) is 0 Å². The first-order valence-corrected chi connectivity index (χ1v) is 14.5. The molecule has 14 heteroatoms. The van der Waals surface area contributed by atoms with Crippen LogP contribution in [0.4, 0.5) is 16.3 Å². The third-order valence-electron chi connectivity index (χ3n) is 7.40. The van der Waals surface area contributed by atoms with Crippen LogP contribution < -0.4 is 29.7 Å². The minimum atomic E-state index is -0.377. The summed E-state index contributed by atoms with van der Waals surface area (Å²) < 4.78 is 17.7. The number of methoxy groups -OCH3 is 1. The zero-order valence-electron chi connectivity index (χ0n) is 24.0. The Balaban J connectivity index is 1.15. The number of hydrogen-bond acceptors (Lipinski definition) is 9. The van der Waals surface area contributed by atoms with E-state index >= 15 is 0 Å². The van der Waals surface area contributed by atoms with Gasteiger partial charge >= 0.3 is 6.03 Å². The van der Waals surface area contributed by atoms with Crippen LogP contribution in [-0.4, -0.2) is 82.5 Å². The van der Waals surface area contributed by atoms with Crippen LogP contribution >= 0.6 is 11.6 Å². The number of nitrogens with zero attached hydrogens (tertiary/aromatic N) is 6. The van der Waals surface area contributed by atoms with Gasteiger partial charge in [-0.1, -0.05) is 17.7 Å². The van der Waals surface area contributed by atoms with Crippen molar-refractivity contribution >= 4 is 35.0 Å². The topological polar surface area (TPSA) is 136 Å².